The van der Waals surface area contributed by atoms with Crippen LogP contribution in [0.4, 0.5) is 0 Å². The molecule has 0 N–H and O–H groups in total. The van der Waals surface area contributed by atoms with E-state index in [1.54, 1.807) is 16.4 Å². The number of carbonyl (C=O) groups is 1. The van der Waals surface area contributed by atoms with E-state index < -0.39 is 10.0 Å². The molecule has 138 valence electrons. The summed E-state index contributed by atoms with van der Waals surface area (Å²) in [4.78, 5) is 14.4. The SMILES string of the molecule is O=C(CCc1ccc(S(=O)(=O)N2CCCCCC2)cc1)N1CCCC1. The molecule has 6 heteroatoms. The lowest BCUT2D eigenvalue weighted by Gasteiger charge is -2.20. The molecule has 0 saturated carbocycles. The molecule has 0 aromatic heterocycles. The van der Waals surface area contributed by atoms with Gasteiger partial charge in [-0.2, -0.15) is 4.31 Å². The first-order valence-electron chi connectivity index (χ1n) is 9.44. The first kappa shape index (κ1) is 18.4. The fraction of sp³-hybridized carbons (Fsp3) is 0.632. The van der Waals surface area contributed by atoms with Gasteiger partial charge in [-0.15, -0.1) is 0 Å². The van der Waals surface area contributed by atoms with Crippen molar-refractivity contribution in [3.05, 3.63) is 29.8 Å². The maximum Gasteiger partial charge on any atom is 0.243 e. The van der Waals surface area contributed by atoms with E-state index in [9.17, 15) is 13.2 Å². The highest BCUT2D eigenvalue weighted by Gasteiger charge is 2.25. The smallest absolute Gasteiger partial charge is 0.243 e. The number of hydrogen-bond acceptors (Lipinski definition) is 3. The van der Waals surface area contributed by atoms with Crippen LogP contribution in [0.2, 0.25) is 0 Å². The highest BCUT2D eigenvalue weighted by molar-refractivity contribution is 7.89. The monoisotopic (exact) mass is 364 g/mol. The second-order valence-corrected chi connectivity index (χ2v) is 8.99. The van der Waals surface area contributed by atoms with Gasteiger partial charge in [0, 0.05) is 32.6 Å². The maximum absolute atomic E-state index is 12.8. The molecule has 0 atom stereocenters. The number of hydrogen-bond donors (Lipinski definition) is 0. The third kappa shape index (κ3) is 4.61. The molecular weight excluding hydrogens is 336 g/mol. The second kappa shape index (κ2) is 8.32. The molecule has 2 fully saturated rings. The van der Waals surface area contributed by atoms with Crippen molar-refractivity contribution in [2.45, 2.75) is 56.3 Å². The van der Waals surface area contributed by atoms with Crippen molar-refractivity contribution >= 4 is 15.9 Å². The zero-order chi connectivity index (χ0) is 17.7. The fourth-order valence-electron chi connectivity index (χ4n) is 3.64. The zero-order valence-corrected chi connectivity index (χ0v) is 15.6. The molecule has 2 aliphatic heterocycles. The Kier molecular flexibility index (Phi) is 6.12. The molecule has 0 aliphatic carbocycles. The second-order valence-electron chi connectivity index (χ2n) is 7.05. The minimum absolute atomic E-state index is 0.207. The zero-order valence-electron chi connectivity index (χ0n) is 14.8. The third-order valence-electron chi connectivity index (χ3n) is 5.21. The summed E-state index contributed by atoms with van der Waals surface area (Å²) in [5.74, 6) is 0.207. The molecule has 0 bridgehead atoms. The van der Waals surface area contributed by atoms with Gasteiger partial charge in [0.1, 0.15) is 0 Å². The summed E-state index contributed by atoms with van der Waals surface area (Å²) in [5.41, 5.74) is 1.02. The summed E-state index contributed by atoms with van der Waals surface area (Å²) in [6, 6.07) is 7.08. The third-order valence-corrected chi connectivity index (χ3v) is 7.13. The van der Waals surface area contributed by atoms with Gasteiger partial charge in [0.2, 0.25) is 15.9 Å². The Morgan fingerprint density at radius 1 is 0.840 bits per heavy atom. The standard InChI is InChI=1S/C19H28N2O3S/c22-19(20-13-5-6-14-20)12-9-17-7-10-18(11-8-17)25(23,24)21-15-3-1-2-4-16-21/h7-8,10-11H,1-6,9,12-16H2. The number of amides is 1. The van der Waals surface area contributed by atoms with Gasteiger partial charge >= 0.3 is 0 Å². The topological polar surface area (TPSA) is 57.7 Å². The normalized spacial score (nSPS) is 19.8. The Balaban J connectivity index is 1.60. The average molecular weight is 365 g/mol. The van der Waals surface area contributed by atoms with E-state index in [4.69, 9.17) is 0 Å². The molecule has 25 heavy (non-hydrogen) atoms. The lowest BCUT2D eigenvalue weighted by Crippen LogP contribution is -2.31. The van der Waals surface area contributed by atoms with E-state index in [0.29, 0.717) is 30.8 Å². The van der Waals surface area contributed by atoms with Crippen molar-refractivity contribution in [3.8, 4) is 0 Å². The molecule has 1 amide bonds. The van der Waals surface area contributed by atoms with Crippen LogP contribution in [0.1, 0.15) is 50.5 Å². The maximum atomic E-state index is 12.8. The summed E-state index contributed by atoms with van der Waals surface area (Å²) in [7, 11) is -3.39. The van der Waals surface area contributed by atoms with E-state index in [2.05, 4.69) is 0 Å². The molecule has 2 saturated heterocycles. The number of rotatable bonds is 5. The molecule has 1 aromatic carbocycles. The van der Waals surface area contributed by atoms with Crippen LogP contribution in [0.5, 0.6) is 0 Å². The molecule has 2 heterocycles. The Hall–Kier alpha value is -1.40. The van der Waals surface area contributed by atoms with Crippen LogP contribution in [0.15, 0.2) is 29.2 Å². The van der Waals surface area contributed by atoms with Crippen molar-refractivity contribution in [1.29, 1.82) is 0 Å². The summed E-state index contributed by atoms with van der Waals surface area (Å²) < 4.78 is 27.1. The van der Waals surface area contributed by atoms with Crippen LogP contribution >= 0.6 is 0 Å². The van der Waals surface area contributed by atoms with Crippen LogP contribution in [0, 0.1) is 0 Å². The summed E-state index contributed by atoms with van der Waals surface area (Å²) >= 11 is 0. The Bertz CT molecular complexity index is 671. The quantitative estimate of drug-likeness (QED) is 0.807. The molecule has 2 aliphatic rings. The summed E-state index contributed by atoms with van der Waals surface area (Å²) in [5, 5.41) is 0. The largest absolute Gasteiger partial charge is 0.343 e. The number of nitrogens with zero attached hydrogens (tertiary/aromatic N) is 2. The molecule has 0 unspecified atom stereocenters. The van der Waals surface area contributed by atoms with Crippen LogP contribution < -0.4 is 0 Å². The van der Waals surface area contributed by atoms with Gasteiger partial charge in [0.25, 0.3) is 0 Å². The highest BCUT2D eigenvalue weighted by Crippen LogP contribution is 2.21. The lowest BCUT2D eigenvalue weighted by molar-refractivity contribution is -0.130. The van der Waals surface area contributed by atoms with Gasteiger partial charge in [0.15, 0.2) is 0 Å². The Morgan fingerprint density at radius 2 is 1.40 bits per heavy atom. The van der Waals surface area contributed by atoms with E-state index in [0.717, 1.165) is 57.2 Å². The van der Waals surface area contributed by atoms with Crippen molar-refractivity contribution in [1.82, 2.24) is 9.21 Å². The van der Waals surface area contributed by atoms with Gasteiger partial charge in [-0.3, -0.25) is 4.79 Å². The van der Waals surface area contributed by atoms with E-state index in [1.165, 1.54) is 0 Å². The highest BCUT2D eigenvalue weighted by atomic mass is 32.2. The van der Waals surface area contributed by atoms with Crippen LogP contribution in [0.25, 0.3) is 0 Å². The van der Waals surface area contributed by atoms with Crippen molar-refractivity contribution < 1.29 is 13.2 Å². The Labute approximate surface area is 151 Å². The molecule has 1 aromatic rings. The number of aryl methyl sites for hydroxylation is 1. The van der Waals surface area contributed by atoms with E-state index in [-0.39, 0.29) is 5.91 Å². The first-order valence-corrected chi connectivity index (χ1v) is 10.9. The molecule has 5 nitrogen and oxygen atoms in total. The van der Waals surface area contributed by atoms with Crippen LogP contribution in [0.3, 0.4) is 0 Å². The van der Waals surface area contributed by atoms with Gasteiger partial charge in [-0.1, -0.05) is 25.0 Å². The van der Waals surface area contributed by atoms with E-state index >= 15 is 0 Å². The predicted molar refractivity (Wildman–Crippen MR) is 97.8 cm³/mol. The molecule has 3 rings (SSSR count). The van der Waals surface area contributed by atoms with Gasteiger partial charge in [-0.25, -0.2) is 8.42 Å². The van der Waals surface area contributed by atoms with Crippen molar-refractivity contribution in [2.75, 3.05) is 26.2 Å². The van der Waals surface area contributed by atoms with Gasteiger partial charge < -0.3 is 4.90 Å². The fourth-order valence-corrected chi connectivity index (χ4v) is 5.15. The van der Waals surface area contributed by atoms with Crippen LogP contribution in [-0.2, 0) is 21.2 Å². The first-order chi connectivity index (χ1) is 12.1. The number of sulfonamides is 1. The Morgan fingerprint density at radius 3 is 2.00 bits per heavy atom. The van der Waals surface area contributed by atoms with Crippen molar-refractivity contribution in [3.63, 3.8) is 0 Å². The summed E-state index contributed by atoms with van der Waals surface area (Å²) in [6.07, 6.45) is 7.47. The lowest BCUT2D eigenvalue weighted by atomic mass is 10.1. The van der Waals surface area contributed by atoms with Crippen molar-refractivity contribution in [2.24, 2.45) is 0 Å². The summed E-state index contributed by atoms with van der Waals surface area (Å²) in [6.45, 7) is 3.00. The number of benzene rings is 1. The minimum atomic E-state index is -3.39. The average Bonchev–Trinajstić information content (AvgIpc) is 3.02. The van der Waals surface area contributed by atoms with Gasteiger partial charge in [-0.05, 0) is 49.8 Å². The molecule has 0 spiro atoms. The predicted octanol–water partition coefficient (Wildman–Crippen LogP) is 2.81. The van der Waals surface area contributed by atoms with Crippen LogP contribution in [-0.4, -0.2) is 49.7 Å². The van der Waals surface area contributed by atoms with Gasteiger partial charge in [0.05, 0.1) is 4.90 Å². The number of likely N-dealkylation sites (tertiary alicyclic amines) is 1. The molecule has 0 radical (unpaired) electrons. The van der Waals surface area contributed by atoms with E-state index in [1.807, 2.05) is 17.0 Å². The number of carbonyl (C=O) groups excluding carboxylic acids is 1. The molecular formula is C19H28N2O3S. The minimum Gasteiger partial charge on any atom is -0.343 e.